The van der Waals surface area contributed by atoms with Crippen LogP contribution in [0.15, 0.2) is 36.9 Å². The molecule has 24 heavy (non-hydrogen) atoms. The molecule has 1 saturated carbocycles. The average Bonchev–Trinajstić information content (AvgIpc) is 3.08. The number of carbonyl (C=O) groups excluding carboxylic acids is 2. The summed E-state index contributed by atoms with van der Waals surface area (Å²) in [7, 11) is 0. The van der Waals surface area contributed by atoms with Crippen LogP contribution in [0.25, 0.3) is 0 Å². The number of hydrogen-bond acceptors (Lipinski definition) is 2. The van der Waals surface area contributed by atoms with Crippen LogP contribution in [-0.4, -0.2) is 29.3 Å². The minimum atomic E-state index is 0.0275. The maximum Gasteiger partial charge on any atom is 0.227 e. The van der Waals surface area contributed by atoms with E-state index in [0.717, 1.165) is 30.5 Å². The lowest BCUT2D eigenvalue weighted by Crippen LogP contribution is -2.39. The fourth-order valence-electron chi connectivity index (χ4n) is 3.24. The first-order valence-electron chi connectivity index (χ1n) is 8.93. The van der Waals surface area contributed by atoms with Crippen LogP contribution in [0.4, 0.5) is 5.69 Å². The molecule has 1 N–H and O–H groups in total. The third kappa shape index (κ3) is 5.22. The van der Waals surface area contributed by atoms with Gasteiger partial charge in [-0.3, -0.25) is 9.59 Å². The largest absolute Gasteiger partial charge is 0.336 e. The van der Waals surface area contributed by atoms with Gasteiger partial charge in [0.25, 0.3) is 0 Å². The SMILES string of the molecule is C=CCN(C(=O)Cc1ccc(NC(=O)CCC)cc1)C1CCCC1. The third-order valence-corrected chi connectivity index (χ3v) is 4.48. The molecule has 1 aliphatic carbocycles. The standard InChI is InChI=1S/C20H28N2O2/c1-3-7-19(23)21-17-12-10-16(11-13-17)15-20(24)22(14-4-2)18-8-5-6-9-18/h4,10-13,18H,2-3,5-9,14-15H2,1H3,(H,21,23). The number of carbonyl (C=O) groups is 2. The Morgan fingerprint density at radius 1 is 1.25 bits per heavy atom. The molecule has 1 fully saturated rings. The molecule has 1 aromatic carbocycles. The molecule has 0 atom stereocenters. The summed E-state index contributed by atoms with van der Waals surface area (Å²) in [5.74, 6) is 0.185. The first-order chi connectivity index (χ1) is 11.6. The van der Waals surface area contributed by atoms with E-state index in [1.54, 1.807) is 0 Å². The lowest BCUT2D eigenvalue weighted by atomic mass is 10.1. The van der Waals surface area contributed by atoms with Gasteiger partial charge in [0.15, 0.2) is 0 Å². The van der Waals surface area contributed by atoms with E-state index < -0.39 is 0 Å². The van der Waals surface area contributed by atoms with Crippen molar-refractivity contribution in [1.82, 2.24) is 4.90 Å². The van der Waals surface area contributed by atoms with E-state index >= 15 is 0 Å². The first kappa shape index (κ1) is 18.2. The van der Waals surface area contributed by atoms with Crippen molar-refractivity contribution in [3.05, 3.63) is 42.5 Å². The van der Waals surface area contributed by atoms with Crippen LogP contribution in [0.1, 0.15) is 51.0 Å². The Bertz CT molecular complexity index is 560. The summed E-state index contributed by atoms with van der Waals surface area (Å²) in [6.07, 6.45) is 8.17. The Hall–Kier alpha value is -2.10. The molecule has 4 heteroatoms. The fraction of sp³-hybridized carbons (Fsp3) is 0.500. The van der Waals surface area contributed by atoms with Gasteiger partial charge in [-0.25, -0.2) is 0 Å². The fourth-order valence-corrected chi connectivity index (χ4v) is 3.24. The monoisotopic (exact) mass is 328 g/mol. The van der Waals surface area contributed by atoms with Crippen molar-refractivity contribution in [2.24, 2.45) is 0 Å². The second-order valence-electron chi connectivity index (χ2n) is 6.44. The molecule has 0 saturated heterocycles. The molecule has 0 aliphatic heterocycles. The van der Waals surface area contributed by atoms with Gasteiger partial charge < -0.3 is 10.2 Å². The van der Waals surface area contributed by atoms with Crippen molar-refractivity contribution in [3.63, 3.8) is 0 Å². The van der Waals surface area contributed by atoms with Crippen LogP contribution < -0.4 is 5.32 Å². The minimum Gasteiger partial charge on any atom is -0.336 e. The van der Waals surface area contributed by atoms with Gasteiger partial charge in [0.1, 0.15) is 0 Å². The summed E-state index contributed by atoms with van der Waals surface area (Å²) in [6.45, 7) is 6.38. The first-order valence-corrected chi connectivity index (χ1v) is 8.93. The number of nitrogens with one attached hydrogen (secondary N) is 1. The smallest absolute Gasteiger partial charge is 0.227 e. The van der Waals surface area contributed by atoms with Crippen LogP contribution in [0, 0.1) is 0 Å². The third-order valence-electron chi connectivity index (χ3n) is 4.48. The lowest BCUT2D eigenvalue weighted by Gasteiger charge is -2.28. The molecule has 0 bridgehead atoms. The molecule has 4 nitrogen and oxygen atoms in total. The molecule has 2 amide bonds. The van der Waals surface area contributed by atoms with E-state index in [9.17, 15) is 9.59 Å². The van der Waals surface area contributed by atoms with E-state index in [-0.39, 0.29) is 11.8 Å². The van der Waals surface area contributed by atoms with E-state index in [1.807, 2.05) is 42.2 Å². The second-order valence-corrected chi connectivity index (χ2v) is 6.44. The van der Waals surface area contributed by atoms with Gasteiger partial charge in [0.2, 0.25) is 11.8 Å². The van der Waals surface area contributed by atoms with Gasteiger partial charge in [-0.1, -0.05) is 38.0 Å². The number of amides is 2. The highest BCUT2D eigenvalue weighted by Crippen LogP contribution is 2.24. The summed E-state index contributed by atoms with van der Waals surface area (Å²) >= 11 is 0. The van der Waals surface area contributed by atoms with E-state index in [2.05, 4.69) is 11.9 Å². The molecule has 0 aromatic heterocycles. The molecule has 2 rings (SSSR count). The Labute approximate surface area is 144 Å². The van der Waals surface area contributed by atoms with Gasteiger partial charge in [-0.05, 0) is 37.0 Å². The van der Waals surface area contributed by atoms with E-state index in [0.29, 0.717) is 25.4 Å². The molecular weight excluding hydrogens is 300 g/mol. The Balaban J connectivity index is 1.94. The zero-order valence-corrected chi connectivity index (χ0v) is 14.6. The van der Waals surface area contributed by atoms with E-state index in [1.165, 1.54) is 12.8 Å². The normalized spacial score (nSPS) is 14.4. The number of benzene rings is 1. The van der Waals surface area contributed by atoms with Gasteiger partial charge in [-0.15, -0.1) is 6.58 Å². The van der Waals surface area contributed by atoms with Crippen LogP contribution in [0.2, 0.25) is 0 Å². The van der Waals surface area contributed by atoms with Crippen molar-refractivity contribution in [1.29, 1.82) is 0 Å². The maximum atomic E-state index is 12.6. The molecule has 1 aromatic rings. The van der Waals surface area contributed by atoms with Crippen molar-refractivity contribution in [3.8, 4) is 0 Å². The highest BCUT2D eigenvalue weighted by molar-refractivity contribution is 5.90. The molecular formula is C20H28N2O2. The molecule has 0 heterocycles. The van der Waals surface area contributed by atoms with Crippen LogP contribution in [0.3, 0.4) is 0 Å². The zero-order valence-electron chi connectivity index (χ0n) is 14.6. The number of hydrogen-bond donors (Lipinski definition) is 1. The van der Waals surface area contributed by atoms with Crippen LogP contribution in [0.5, 0.6) is 0 Å². The van der Waals surface area contributed by atoms with Crippen molar-refractivity contribution >= 4 is 17.5 Å². The number of anilines is 1. The summed E-state index contributed by atoms with van der Waals surface area (Å²) < 4.78 is 0. The van der Waals surface area contributed by atoms with E-state index in [4.69, 9.17) is 0 Å². The summed E-state index contributed by atoms with van der Waals surface area (Å²) in [5.41, 5.74) is 1.75. The van der Waals surface area contributed by atoms with Gasteiger partial charge in [0, 0.05) is 24.7 Å². The Kier molecular flexibility index (Phi) is 7.04. The quantitative estimate of drug-likeness (QED) is 0.735. The zero-order chi connectivity index (χ0) is 17.4. The van der Waals surface area contributed by atoms with Crippen molar-refractivity contribution < 1.29 is 9.59 Å². The second kappa shape index (κ2) is 9.26. The highest BCUT2D eigenvalue weighted by Gasteiger charge is 2.25. The lowest BCUT2D eigenvalue weighted by molar-refractivity contribution is -0.132. The molecule has 1 aliphatic rings. The number of rotatable bonds is 8. The Morgan fingerprint density at radius 3 is 2.50 bits per heavy atom. The average molecular weight is 328 g/mol. The van der Waals surface area contributed by atoms with Crippen molar-refractivity contribution in [2.45, 2.75) is 57.9 Å². The molecule has 0 spiro atoms. The number of nitrogens with zero attached hydrogens (tertiary/aromatic N) is 1. The molecule has 130 valence electrons. The topological polar surface area (TPSA) is 49.4 Å². The van der Waals surface area contributed by atoms with Gasteiger partial charge in [-0.2, -0.15) is 0 Å². The summed E-state index contributed by atoms with van der Waals surface area (Å²) in [4.78, 5) is 26.2. The summed E-state index contributed by atoms with van der Waals surface area (Å²) in [5, 5.41) is 2.86. The Morgan fingerprint density at radius 2 is 1.92 bits per heavy atom. The summed E-state index contributed by atoms with van der Waals surface area (Å²) in [6, 6.07) is 7.93. The molecule has 0 radical (unpaired) electrons. The predicted octanol–water partition coefficient (Wildman–Crippen LogP) is 3.92. The molecule has 0 unspecified atom stereocenters. The predicted molar refractivity (Wildman–Crippen MR) is 97.8 cm³/mol. The van der Waals surface area contributed by atoms with Crippen molar-refractivity contribution in [2.75, 3.05) is 11.9 Å². The van der Waals surface area contributed by atoms with Gasteiger partial charge >= 0.3 is 0 Å². The van der Waals surface area contributed by atoms with Crippen LogP contribution >= 0.6 is 0 Å². The maximum absolute atomic E-state index is 12.6. The minimum absolute atomic E-state index is 0.0275. The van der Waals surface area contributed by atoms with Gasteiger partial charge in [0.05, 0.1) is 6.42 Å². The highest BCUT2D eigenvalue weighted by atomic mass is 16.2. The van der Waals surface area contributed by atoms with Crippen LogP contribution in [-0.2, 0) is 16.0 Å².